The van der Waals surface area contributed by atoms with Crippen molar-refractivity contribution in [2.24, 2.45) is 0 Å². The second-order valence-electron chi connectivity index (χ2n) is 15.0. The van der Waals surface area contributed by atoms with Gasteiger partial charge in [-0.05, 0) is 126 Å². The lowest BCUT2D eigenvalue weighted by atomic mass is 9.82. The molecule has 0 saturated carbocycles. The third-order valence-corrected chi connectivity index (χ3v) is 11.6. The number of nitrogens with zero attached hydrogens (tertiary/aromatic N) is 1. The average molecular weight is 678 g/mol. The van der Waals surface area contributed by atoms with Crippen molar-refractivity contribution in [3.05, 3.63) is 185 Å². The van der Waals surface area contributed by atoms with E-state index < -0.39 is 0 Å². The van der Waals surface area contributed by atoms with Gasteiger partial charge in [0.05, 0.1) is 11.0 Å². The zero-order valence-electron chi connectivity index (χ0n) is 30.3. The van der Waals surface area contributed by atoms with Crippen LogP contribution in [-0.4, -0.2) is 4.57 Å². The van der Waals surface area contributed by atoms with Gasteiger partial charge < -0.3 is 4.57 Å². The highest BCUT2D eigenvalue weighted by molar-refractivity contribution is 6.14. The molecule has 0 atom stereocenters. The van der Waals surface area contributed by atoms with Gasteiger partial charge in [-0.15, -0.1) is 0 Å². The van der Waals surface area contributed by atoms with Gasteiger partial charge in [0.25, 0.3) is 0 Å². The Morgan fingerprint density at radius 1 is 0.491 bits per heavy atom. The van der Waals surface area contributed by atoms with Crippen LogP contribution in [0.15, 0.2) is 164 Å². The smallest absolute Gasteiger partial charge is 0.0544 e. The minimum absolute atomic E-state index is 0.0939. The molecular weight excluding hydrogens is 639 g/mol. The lowest BCUT2D eigenvalue weighted by Gasteiger charge is -2.21. The van der Waals surface area contributed by atoms with Gasteiger partial charge in [0.2, 0.25) is 0 Å². The molecule has 0 spiro atoms. The largest absolute Gasteiger partial charge is 0.309 e. The van der Waals surface area contributed by atoms with E-state index in [1.165, 1.54) is 98.8 Å². The molecule has 1 nitrogen and oxygen atoms in total. The van der Waals surface area contributed by atoms with Gasteiger partial charge in [0, 0.05) is 21.9 Å². The molecule has 0 bridgehead atoms. The Balaban J connectivity index is 1.25. The first-order valence-electron chi connectivity index (χ1n) is 18.6. The topological polar surface area (TPSA) is 4.93 Å². The SMILES string of the molecule is C=c1/c(=C\C=C/C)c2ccc(-c3ccc4c(c3)c3cc5c(cc3n4-c3cccc(-c4ccccc4)c3)C(C)(C)c3ccccc3-5)cc2c2ccccc12. The number of hydrogen-bond donors (Lipinski definition) is 0. The quantitative estimate of drug-likeness (QED) is 0.163. The molecule has 0 N–H and O–H groups in total. The molecule has 0 saturated heterocycles. The molecule has 10 rings (SSSR count). The van der Waals surface area contributed by atoms with Crippen LogP contribution in [0.3, 0.4) is 0 Å². The fraction of sp³-hybridized carbons (Fsp3) is 0.0769. The predicted octanol–water partition coefficient (Wildman–Crippen LogP) is 12.5. The molecule has 0 fully saturated rings. The summed E-state index contributed by atoms with van der Waals surface area (Å²) in [5, 5.41) is 9.68. The maximum atomic E-state index is 4.53. The highest BCUT2D eigenvalue weighted by Crippen LogP contribution is 2.51. The molecule has 8 aromatic carbocycles. The first-order valence-corrected chi connectivity index (χ1v) is 18.6. The van der Waals surface area contributed by atoms with E-state index in [4.69, 9.17) is 0 Å². The standard InChI is InChI=1S/C52H39N/c1-5-6-19-39-33(2)40-20-10-11-21-41(40)44-29-36(24-26-42(39)44)37-25-27-50-46(30-37)47-31-45-43-22-12-13-23-48(43)52(3,4)49(45)32-51(47)53(50)38-18-14-17-35(28-38)34-15-8-7-9-16-34/h5-32H,2H2,1,3-4H3/b6-5-,39-19+. The minimum atomic E-state index is -0.0939. The molecule has 1 aromatic heterocycles. The first-order chi connectivity index (χ1) is 25.9. The van der Waals surface area contributed by atoms with E-state index >= 15 is 0 Å². The van der Waals surface area contributed by atoms with E-state index in [1.54, 1.807) is 0 Å². The second kappa shape index (κ2) is 11.8. The normalized spacial score (nSPS) is 13.8. The number of benzene rings is 8. The molecule has 0 radical (unpaired) electrons. The van der Waals surface area contributed by atoms with Crippen molar-refractivity contribution in [1.29, 1.82) is 0 Å². The summed E-state index contributed by atoms with van der Waals surface area (Å²) < 4.78 is 2.48. The van der Waals surface area contributed by atoms with Crippen LogP contribution in [0.5, 0.6) is 0 Å². The molecule has 1 heteroatoms. The molecule has 0 aliphatic heterocycles. The summed E-state index contributed by atoms with van der Waals surface area (Å²) in [6, 6.07) is 56.2. The van der Waals surface area contributed by atoms with Crippen molar-refractivity contribution >= 4 is 56.0 Å². The van der Waals surface area contributed by atoms with Crippen molar-refractivity contribution in [2.75, 3.05) is 0 Å². The molecule has 0 amide bonds. The molecule has 53 heavy (non-hydrogen) atoms. The van der Waals surface area contributed by atoms with E-state index in [0.29, 0.717) is 0 Å². The van der Waals surface area contributed by atoms with Gasteiger partial charge in [0.1, 0.15) is 0 Å². The highest BCUT2D eigenvalue weighted by Gasteiger charge is 2.36. The maximum Gasteiger partial charge on any atom is 0.0544 e. The fourth-order valence-corrected chi connectivity index (χ4v) is 8.98. The Morgan fingerprint density at radius 3 is 2.00 bits per heavy atom. The summed E-state index contributed by atoms with van der Waals surface area (Å²) in [5.41, 5.74) is 13.8. The maximum absolute atomic E-state index is 4.53. The van der Waals surface area contributed by atoms with Crippen LogP contribution in [-0.2, 0) is 5.41 Å². The highest BCUT2D eigenvalue weighted by atomic mass is 15.0. The van der Waals surface area contributed by atoms with Crippen LogP contribution < -0.4 is 10.4 Å². The minimum Gasteiger partial charge on any atom is -0.309 e. The lowest BCUT2D eigenvalue weighted by molar-refractivity contribution is 0.661. The van der Waals surface area contributed by atoms with E-state index in [9.17, 15) is 0 Å². The Kier molecular flexibility index (Phi) is 6.97. The number of hydrogen-bond acceptors (Lipinski definition) is 0. The summed E-state index contributed by atoms with van der Waals surface area (Å²) in [4.78, 5) is 0. The average Bonchev–Trinajstić information content (AvgIpc) is 3.64. The second-order valence-corrected chi connectivity index (χ2v) is 15.0. The molecule has 1 aliphatic carbocycles. The molecular formula is C52H39N. The monoisotopic (exact) mass is 677 g/mol. The summed E-state index contributed by atoms with van der Waals surface area (Å²) in [7, 11) is 0. The zero-order chi connectivity index (χ0) is 35.8. The van der Waals surface area contributed by atoms with E-state index in [0.717, 1.165) is 5.22 Å². The fourth-order valence-electron chi connectivity index (χ4n) is 8.98. The van der Waals surface area contributed by atoms with Gasteiger partial charge >= 0.3 is 0 Å². The van der Waals surface area contributed by atoms with Gasteiger partial charge in [-0.25, -0.2) is 0 Å². The van der Waals surface area contributed by atoms with Gasteiger partial charge in [-0.1, -0.05) is 148 Å². The van der Waals surface area contributed by atoms with E-state index in [1.807, 2.05) is 0 Å². The summed E-state index contributed by atoms with van der Waals surface area (Å²) in [6.07, 6.45) is 6.39. The molecule has 252 valence electrons. The zero-order valence-corrected chi connectivity index (χ0v) is 30.3. The molecule has 0 unspecified atom stereocenters. The lowest BCUT2D eigenvalue weighted by Crippen LogP contribution is -2.24. The Morgan fingerprint density at radius 2 is 1.17 bits per heavy atom. The van der Waals surface area contributed by atoms with Gasteiger partial charge in [-0.2, -0.15) is 0 Å². The van der Waals surface area contributed by atoms with Gasteiger partial charge in [-0.3, -0.25) is 0 Å². The van der Waals surface area contributed by atoms with Crippen LogP contribution in [0.1, 0.15) is 31.9 Å². The molecule has 1 heterocycles. The predicted molar refractivity (Wildman–Crippen MR) is 228 cm³/mol. The van der Waals surface area contributed by atoms with Crippen LogP contribution >= 0.6 is 0 Å². The summed E-state index contributed by atoms with van der Waals surface area (Å²) >= 11 is 0. The number of allylic oxidation sites excluding steroid dienone is 2. The number of aromatic nitrogens is 1. The number of rotatable bonds is 4. The van der Waals surface area contributed by atoms with Crippen molar-refractivity contribution in [3.8, 4) is 39.1 Å². The number of fused-ring (bicyclic) bond motifs is 9. The van der Waals surface area contributed by atoms with Gasteiger partial charge in [0.15, 0.2) is 0 Å². The third kappa shape index (κ3) is 4.70. The van der Waals surface area contributed by atoms with E-state index in [-0.39, 0.29) is 5.41 Å². The van der Waals surface area contributed by atoms with Crippen molar-refractivity contribution in [3.63, 3.8) is 0 Å². The van der Waals surface area contributed by atoms with E-state index in [2.05, 4.69) is 202 Å². The molecule has 9 aromatic rings. The summed E-state index contributed by atoms with van der Waals surface area (Å²) in [5.74, 6) is 0. The first kappa shape index (κ1) is 31.3. The van der Waals surface area contributed by atoms with Crippen LogP contribution in [0.2, 0.25) is 0 Å². The van der Waals surface area contributed by atoms with Crippen LogP contribution in [0.4, 0.5) is 0 Å². The Labute approximate surface area is 310 Å². The molecule has 1 aliphatic rings. The third-order valence-electron chi connectivity index (χ3n) is 11.6. The van der Waals surface area contributed by atoms with Crippen LogP contribution in [0, 0.1) is 0 Å². The van der Waals surface area contributed by atoms with Crippen molar-refractivity contribution in [2.45, 2.75) is 26.2 Å². The van der Waals surface area contributed by atoms with Crippen molar-refractivity contribution in [1.82, 2.24) is 4.57 Å². The Hall–Kier alpha value is -6.44. The Bertz CT molecular complexity index is 3100. The van der Waals surface area contributed by atoms with Crippen LogP contribution in [0.25, 0.3) is 95.1 Å². The van der Waals surface area contributed by atoms with Crippen molar-refractivity contribution < 1.29 is 0 Å². The summed E-state index contributed by atoms with van der Waals surface area (Å²) in [6.45, 7) is 11.3.